The minimum Gasteiger partial charge on any atom is -0.431 e. The summed E-state index contributed by atoms with van der Waals surface area (Å²) in [6.07, 6.45) is 11.1. The highest BCUT2D eigenvalue weighted by Gasteiger charge is 2.80. The van der Waals surface area contributed by atoms with Crippen molar-refractivity contribution >= 4 is 0 Å². The predicted octanol–water partition coefficient (Wildman–Crippen LogP) is 3.25. The summed E-state index contributed by atoms with van der Waals surface area (Å²) >= 11 is 0. The van der Waals surface area contributed by atoms with Gasteiger partial charge >= 0.3 is 5.63 Å². The molecule has 0 radical (unpaired) electrons. The van der Waals surface area contributed by atoms with E-state index in [0.29, 0.717) is 42.5 Å². The molecule has 5 fully saturated rings. The molecule has 0 unspecified atom stereocenters. The summed E-state index contributed by atoms with van der Waals surface area (Å²) in [5.74, 6) is 2.48. The van der Waals surface area contributed by atoms with Crippen LogP contribution in [0, 0.1) is 28.6 Å². The average Bonchev–Trinajstić information content (AvgIpc) is 3.51. The number of hydrogen-bond acceptors (Lipinski definition) is 7. The third-order valence-electron chi connectivity index (χ3n) is 10.7. The van der Waals surface area contributed by atoms with Crippen LogP contribution < -0.4 is 5.63 Å². The van der Waals surface area contributed by atoms with Gasteiger partial charge in [-0.2, -0.15) is 0 Å². The van der Waals surface area contributed by atoms with E-state index in [2.05, 4.69) is 18.6 Å². The van der Waals surface area contributed by atoms with Crippen molar-refractivity contribution in [2.75, 3.05) is 26.4 Å². The zero-order valence-electron chi connectivity index (χ0n) is 21.2. The number of hydrogen-bond donors (Lipinski definition) is 3. The summed E-state index contributed by atoms with van der Waals surface area (Å²) in [6.45, 7) is 5.67. The summed E-state index contributed by atoms with van der Waals surface area (Å²) in [4.78, 5) is 11.4. The molecule has 1 spiro atoms. The van der Waals surface area contributed by atoms with Crippen LogP contribution in [0.1, 0.15) is 76.7 Å². The molecule has 6 rings (SSSR count). The van der Waals surface area contributed by atoms with Crippen LogP contribution in [0.25, 0.3) is 0 Å². The molecule has 7 heteroatoms. The topological polar surface area (TPSA) is 113 Å². The Kier molecular flexibility index (Phi) is 6.94. The molecule has 4 saturated carbocycles. The summed E-state index contributed by atoms with van der Waals surface area (Å²) in [5, 5.41) is 26.4. The maximum atomic E-state index is 11.4. The largest absolute Gasteiger partial charge is 0.431 e. The quantitative estimate of drug-likeness (QED) is 0.429. The van der Waals surface area contributed by atoms with Crippen LogP contribution in [0.3, 0.4) is 0 Å². The lowest BCUT2D eigenvalue weighted by molar-refractivity contribution is -0.139. The van der Waals surface area contributed by atoms with E-state index in [9.17, 15) is 9.90 Å². The highest BCUT2D eigenvalue weighted by atomic mass is 16.6. The second-order valence-electron chi connectivity index (χ2n) is 12.0. The summed E-state index contributed by atoms with van der Waals surface area (Å²) < 4.78 is 16.5. The van der Waals surface area contributed by atoms with E-state index in [4.69, 9.17) is 19.4 Å². The van der Waals surface area contributed by atoms with Crippen molar-refractivity contribution in [2.24, 2.45) is 28.6 Å². The van der Waals surface area contributed by atoms with Gasteiger partial charge in [-0.3, -0.25) is 0 Å². The van der Waals surface area contributed by atoms with E-state index in [1.165, 1.54) is 37.7 Å². The number of ether oxygens (including phenoxy) is 2. The fourth-order valence-corrected chi connectivity index (χ4v) is 8.97. The Bertz CT molecular complexity index is 923. The SMILES string of the molecule is C[C@]12CC[C@H](O)C[C@H]1CC[C@@H]1[C@@H]2CC[C@]2(C)[C@@H](c3ccc(=O)oc3)C[C@H]3O[C@]132.OCCOCCO. The van der Waals surface area contributed by atoms with Gasteiger partial charge in [0.25, 0.3) is 0 Å². The molecule has 0 bridgehead atoms. The van der Waals surface area contributed by atoms with Crippen LogP contribution >= 0.6 is 0 Å². The number of aliphatic hydroxyl groups is 3. The molecule has 0 amide bonds. The third-order valence-corrected chi connectivity index (χ3v) is 10.7. The number of fused-ring (bicyclic) bond motifs is 3. The highest BCUT2D eigenvalue weighted by molar-refractivity contribution is 5.35. The Morgan fingerprint density at radius 1 is 1.00 bits per heavy atom. The van der Waals surface area contributed by atoms with E-state index in [1.54, 1.807) is 12.3 Å². The third kappa shape index (κ3) is 4.02. The smallest absolute Gasteiger partial charge is 0.335 e. The van der Waals surface area contributed by atoms with Crippen LogP contribution in [0.5, 0.6) is 0 Å². The van der Waals surface area contributed by atoms with Crippen molar-refractivity contribution in [1.29, 1.82) is 0 Å². The fourth-order valence-electron chi connectivity index (χ4n) is 8.97. The van der Waals surface area contributed by atoms with E-state index in [-0.39, 0.29) is 36.0 Å². The molecule has 2 heterocycles. The molecular formula is C28H42O7. The molecule has 4 aliphatic carbocycles. The van der Waals surface area contributed by atoms with E-state index < -0.39 is 0 Å². The maximum absolute atomic E-state index is 11.4. The molecule has 196 valence electrons. The summed E-state index contributed by atoms with van der Waals surface area (Å²) in [6, 6.07) is 3.55. The second kappa shape index (κ2) is 9.56. The highest BCUT2D eigenvalue weighted by Crippen LogP contribution is 2.77. The van der Waals surface area contributed by atoms with Crippen molar-refractivity contribution in [2.45, 2.75) is 88.9 Å². The van der Waals surface area contributed by atoms with Crippen molar-refractivity contribution in [3.63, 3.8) is 0 Å². The molecule has 1 aromatic heterocycles. The maximum Gasteiger partial charge on any atom is 0.335 e. The zero-order valence-corrected chi connectivity index (χ0v) is 21.2. The lowest BCUT2D eigenvalue weighted by atomic mass is 9.44. The molecule has 35 heavy (non-hydrogen) atoms. The Hall–Kier alpha value is -1.25. The molecule has 5 aliphatic rings. The molecule has 7 nitrogen and oxygen atoms in total. The lowest BCUT2D eigenvalue weighted by Crippen LogP contribution is -2.58. The molecule has 9 atom stereocenters. The number of epoxide rings is 1. The molecule has 1 saturated heterocycles. The van der Waals surface area contributed by atoms with E-state index >= 15 is 0 Å². The summed E-state index contributed by atoms with van der Waals surface area (Å²) in [7, 11) is 0. The Morgan fingerprint density at radius 2 is 1.77 bits per heavy atom. The second-order valence-corrected chi connectivity index (χ2v) is 12.0. The van der Waals surface area contributed by atoms with Gasteiger partial charge in [-0.15, -0.1) is 0 Å². The van der Waals surface area contributed by atoms with Crippen LogP contribution in [-0.2, 0) is 9.47 Å². The van der Waals surface area contributed by atoms with Crippen LogP contribution in [0.15, 0.2) is 27.6 Å². The number of aliphatic hydroxyl groups excluding tert-OH is 3. The first-order valence-corrected chi connectivity index (χ1v) is 13.5. The summed E-state index contributed by atoms with van der Waals surface area (Å²) in [5.41, 5.74) is 1.44. The lowest BCUT2D eigenvalue weighted by Gasteiger charge is -2.61. The van der Waals surface area contributed by atoms with Crippen molar-refractivity contribution < 1.29 is 29.2 Å². The van der Waals surface area contributed by atoms with Gasteiger partial charge in [-0.1, -0.05) is 13.8 Å². The molecule has 1 aliphatic heterocycles. The van der Waals surface area contributed by atoms with Crippen molar-refractivity contribution in [3.05, 3.63) is 34.4 Å². The van der Waals surface area contributed by atoms with Crippen LogP contribution in [0.4, 0.5) is 0 Å². The van der Waals surface area contributed by atoms with Crippen molar-refractivity contribution in [1.82, 2.24) is 0 Å². The first kappa shape index (κ1) is 25.4. The fraction of sp³-hybridized carbons (Fsp3) is 0.821. The average molecular weight is 491 g/mol. The minimum atomic E-state index is -0.266. The zero-order chi connectivity index (χ0) is 24.8. The molecule has 1 aromatic rings. The van der Waals surface area contributed by atoms with Gasteiger partial charge in [0.05, 0.1) is 44.9 Å². The standard InChI is InChI=1S/C24H32O4.C4H10O3/c1-22-9-7-16(25)11-15(22)4-5-18-17(22)8-10-23(2)19(12-20-24(18,23)28-20)14-3-6-21(26)27-13-14;5-1-3-7-4-2-6/h3,6,13,15-20,25H,4-5,7-12H2,1-2H3;5-6H,1-4H2/t15-,16+,17+,18-,19-,20-,22+,23-,24-;/m1./s1. The normalized spacial score (nSPS) is 45.3. The van der Waals surface area contributed by atoms with Gasteiger partial charge in [-0.05, 0) is 92.1 Å². The Balaban J connectivity index is 0.000000320. The molecule has 3 N–H and O–H groups in total. The predicted molar refractivity (Wildman–Crippen MR) is 130 cm³/mol. The number of rotatable bonds is 5. The van der Waals surface area contributed by atoms with Gasteiger partial charge in [0, 0.05) is 11.5 Å². The van der Waals surface area contributed by atoms with Gasteiger partial charge < -0.3 is 29.2 Å². The van der Waals surface area contributed by atoms with Gasteiger partial charge in [0.15, 0.2) is 0 Å². The first-order valence-electron chi connectivity index (χ1n) is 13.5. The van der Waals surface area contributed by atoms with Crippen LogP contribution in [-0.4, -0.2) is 59.6 Å². The Morgan fingerprint density at radius 3 is 2.46 bits per heavy atom. The molecular weight excluding hydrogens is 448 g/mol. The van der Waals surface area contributed by atoms with Crippen molar-refractivity contribution in [3.8, 4) is 0 Å². The molecule has 0 aromatic carbocycles. The van der Waals surface area contributed by atoms with E-state index in [0.717, 1.165) is 25.2 Å². The van der Waals surface area contributed by atoms with Gasteiger partial charge in [0.1, 0.15) is 5.60 Å². The van der Waals surface area contributed by atoms with Gasteiger partial charge in [0.2, 0.25) is 0 Å². The van der Waals surface area contributed by atoms with Gasteiger partial charge in [-0.25, -0.2) is 4.79 Å². The first-order chi connectivity index (χ1) is 16.8. The minimum absolute atomic E-state index is 0.0278. The van der Waals surface area contributed by atoms with E-state index in [1.807, 2.05) is 6.07 Å². The Labute approximate surface area is 207 Å². The van der Waals surface area contributed by atoms with Crippen LogP contribution in [0.2, 0.25) is 0 Å². The monoisotopic (exact) mass is 490 g/mol.